The summed E-state index contributed by atoms with van der Waals surface area (Å²) in [6.07, 6.45) is 3.86. The Kier molecular flexibility index (Phi) is 6.18. The summed E-state index contributed by atoms with van der Waals surface area (Å²) in [7, 11) is 1.28. The second kappa shape index (κ2) is 7.66. The van der Waals surface area contributed by atoms with Crippen LogP contribution in [-0.4, -0.2) is 46.2 Å². The largest absolute Gasteiger partial charge is 0.477 e. The number of methoxy groups -OCH3 is 1. The molecular weight excluding hydrogens is 302 g/mol. The van der Waals surface area contributed by atoms with Crippen LogP contribution in [-0.2, 0) is 4.74 Å². The van der Waals surface area contributed by atoms with Crippen LogP contribution in [0, 0.1) is 5.92 Å². The first-order valence-electron chi connectivity index (χ1n) is 7.15. The topological polar surface area (TPSA) is 103 Å². The highest BCUT2D eigenvalue weighted by Gasteiger charge is 2.20. The number of carbonyl (C=O) groups excluding carboxylic acids is 1. The van der Waals surface area contributed by atoms with Gasteiger partial charge in [0.1, 0.15) is 5.56 Å². The van der Waals surface area contributed by atoms with Crippen molar-refractivity contribution in [2.75, 3.05) is 13.7 Å². The Hall–Kier alpha value is -2.51. The van der Waals surface area contributed by atoms with Crippen molar-refractivity contribution in [1.29, 1.82) is 0 Å². The SMILES string of the molecule is COC(=O)NC(C)(C)C=Cn1ncc(C(=O)O)c1OCC(C)C. The van der Waals surface area contributed by atoms with Crippen LogP contribution in [0.2, 0.25) is 0 Å². The van der Waals surface area contributed by atoms with Gasteiger partial charge in [0.15, 0.2) is 0 Å². The number of alkyl carbamates (subject to hydrolysis) is 1. The number of aromatic carboxylic acids is 1. The zero-order valence-corrected chi connectivity index (χ0v) is 14.0. The summed E-state index contributed by atoms with van der Waals surface area (Å²) in [5, 5.41) is 15.8. The third kappa shape index (κ3) is 5.65. The van der Waals surface area contributed by atoms with Crippen LogP contribution in [0.15, 0.2) is 12.3 Å². The van der Waals surface area contributed by atoms with E-state index in [1.165, 1.54) is 24.2 Å². The second-order valence-corrected chi connectivity index (χ2v) is 5.97. The molecule has 8 heteroatoms. The number of carboxylic acid groups (broad SMARTS) is 1. The molecule has 0 aliphatic rings. The van der Waals surface area contributed by atoms with E-state index in [-0.39, 0.29) is 17.4 Å². The van der Waals surface area contributed by atoms with Gasteiger partial charge in [0, 0.05) is 6.20 Å². The zero-order chi connectivity index (χ0) is 17.6. The van der Waals surface area contributed by atoms with E-state index in [9.17, 15) is 14.7 Å². The average Bonchev–Trinajstić information content (AvgIpc) is 2.85. The first-order valence-corrected chi connectivity index (χ1v) is 7.15. The minimum atomic E-state index is -1.12. The Balaban J connectivity index is 3.00. The number of rotatable bonds is 7. The third-order valence-electron chi connectivity index (χ3n) is 2.78. The molecule has 0 bridgehead atoms. The molecule has 2 N–H and O–H groups in total. The van der Waals surface area contributed by atoms with Crippen LogP contribution in [0.25, 0.3) is 6.20 Å². The number of ether oxygens (including phenoxy) is 2. The highest BCUT2D eigenvalue weighted by molar-refractivity contribution is 5.90. The van der Waals surface area contributed by atoms with Crippen LogP contribution in [0.1, 0.15) is 38.1 Å². The first kappa shape index (κ1) is 18.5. The molecule has 1 amide bonds. The molecule has 8 nitrogen and oxygen atoms in total. The van der Waals surface area contributed by atoms with Crippen LogP contribution in [0.4, 0.5) is 4.79 Å². The molecule has 0 saturated heterocycles. The molecule has 0 spiro atoms. The molecule has 1 aromatic rings. The average molecular weight is 325 g/mol. The van der Waals surface area contributed by atoms with E-state index >= 15 is 0 Å². The molecular formula is C15H23N3O5. The molecule has 0 unspecified atom stereocenters. The number of nitrogens with one attached hydrogen (secondary N) is 1. The molecule has 0 aliphatic heterocycles. The van der Waals surface area contributed by atoms with Crippen LogP contribution >= 0.6 is 0 Å². The van der Waals surface area contributed by atoms with Gasteiger partial charge < -0.3 is 19.9 Å². The molecule has 1 heterocycles. The zero-order valence-electron chi connectivity index (χ0n) is 14.0. The van der Waals surface area contributed by atoms with E-state index in [2.05, 4.69) is 15.2 Å². The minimum Gasteiger partial charge on any atom is -0.477 e. The van der Waals surface area contributed by atoms with Gasteiger partial charge in [-0.2, -0.15) is 5.10 Å². The molecule has 0 radical (unpaired) electrons. The van der Waals surface area contributed by atoms with Gasteiger partial charge in [-0.1, -0.05) is 13.8 Å². The van der Waals surface area contributed by atoms with Gasteiger partial charge in [-0.05, 0) is 25.8 Å². The predicted octanol–water partition coefficient (Wildman–Crippen LogP) is 2.22. The summed E-state index contributed by atoms with van der Waals surface area (Å²) in [4.78, 5) is 22.5. The normalized spacial score (nSPS) is 11.7. The summed E-state index contributed by atoms with van der Waals surface area (Å²) >= 11 is 0. The molecule has 1 aromatic heterocycles. The highest BCUT2D eigenvalue weighted by Crippen LogP contribution is 2.20. The van der Waals surface area contributed by atoms with Crippen LogP contribution in [0.3, 0.4) is 0 Å². The van der Waals surface area contributed by atoms with Crippen molar-refractivity contribution >= 4 is 18.3 Å². The van der Waals surface area contributed by atoms with Crippen molar-refractivity contribution in [2.24, 2.45) is 5.92 Å². The maximum absolute atomic E-state index is 11.3. The fourth-order valence-electron chi connectivity index (χ4n) is 1.61. The summed E-state index contributed by atoms with van der Waals surface area (Å²) in [5.41, 5.74) is -0.730. The molecule has 0 atom stereocenters. The van der Waals surface area contributed by atoms with E-state index in [1.54, 1.807) is 19.9 Å². The molecule has 128 valence electrons. The summed E-state index contributed by atoms with van der Waals surface area (Å²) in [6, 6.07) is 0. The minimum absolute atomic E-state index is 0.0194. The van der Waals surface area contributed by atoms with Gasteiger partial charge in [0.05, 0.1) is 25.5 Å². The molecule has 1 rings (SSSR count). The van der Waals surface area contributed by atoms with Gasteiger partial charge in [-0.15, -0.1) is 0 Å². The van der Waals surface area contributed by atoms with Crippen LogP contribution < -0.4 is 10.1 Å². The Morgan fingerprint density at radius 1 is 1.48 bits per heavy atom. The molecule has 23 heavy (non-hydrogen) atoms. The van der Waals surface area contributed by atoms with Crippen molar-refractivity contribution in [1.82, 2.24) is 15.1 Å². The summed E-state index contributed by atoms with van der Waals surface area (Å²) in [6.45, 7) is 7.80. The van der Waals surface area contributed by atoms with Crippen molar-refractivity contribution in [3.8, 4) is 5.88 Å². The van der Waals surface area contributed by atoms with Gasteiger partial charge in [-0.25, -0.2) is 14.3 Å². The van der Waals surface area contributed by atoms with Crippen molar-refractivity contribution < 1.29 is 24.2 Å². The van der Waals surface area contributed by atoms with Crippen molar-refractivity contribution in [3.63, 3.8) is 0 Å². The molecule has 0 saturated carbocycles. The lowest BCUT2D eigenvalue weighted by Crippen LogP contribution is -2.41. The van der Waals surface area contributed by atoms with Crippen LogP contribution in [0.5, 0.6) is 5.88 Å². The predicted molar refractivity (Wildman–Crippen MR) is 84.5 cm³/mol. The molecule has 0 aromatic carbocycles. The number of aromatic nitrogens is 2. The maximum atomic E-state index is 11.3. The summed E-state index contributed by atoms with van der Waals surface area (Å²) in [5.74, 6) is -0.729. The number of nitrogens with zero attached hydrogens (tertiary/aromatic N) is 2. The monoisotopic (exact) mass is 325 g/mol. The highest BCUT2D eigenvalue weighted by atomic mass is 16.5. The Bertz CT molecular complexity index is 590. The number of hydrogen-bond donors (Lipinski definition) is 2. The Morgan fingerprint density at radius 2 is 2.13 bits per heavy atom. The fourth-order valence-corrected chi connectivity index (χ4v) is 1.61. The van der Waals surface area contributed by atoms with E-state index in [4.69, 9.17) is 4.74 Å². The van der Waals surface area contributed by atoms with Crippen molar-refractivity contribution in [3.05, 3.63) is 17.8 Å². The molecule has 0 fully saturated rings. The van der Waals surface area contributed by atoms with Crippen molar-refractivity contribution in [2.45, 2.75) is 33.2 Å². The van der Waals surface area contributed by atoms with E-state index < -0.39 is 17.6 Å². The fraction of sp³-hybridized carbons (Fsp3) is 0.533. The number of carbonyl (C=O) groups is 2. The number of carboxylic acids is 1. The Morgan fingerprint density at radius 3 is 2.65 bits per heavy atom. The first-order chi connectivity index (χ1) is 10.7. The van der Waals surface area contributed by atoms with Gasteiger partial charge in [-0.3, -0.25) is 0 Å². The smallest absolute Gasteiger partial charge is 0.407 e. The van der Waals surface area contributed by atoms with Gasteiger partial charge in [0.2, 0.25) is 5.88 Å². The summed E-state index contributed by atoms with van der Waals surface area (Å²) < 4.78 is 11.4. The third-order valence-corrected chi connectivity index (χ3v) is 2.78. The second-order valence-electron chi connectivity index (χ2n) is 5.97. The lowest BCUT2D eigenvalue weighted by atomic mass is 10.1. The van der Waals surface area contributed by atoms with E-state index in [1.807, 2.05) is 13.8 Å². The number of hydrogen-bond acceptors (Lipinski definition) is 5. The van der Waals surface area contributed by atoms with Gasteiger partial charge in [0.25, 0.3) is 0 Å². The maximum Gasteiger partial charge on any atom is 0.407 e. The Labute approximate surface area is 135 Å². The standard InChI is InChI=1S/C15H23N3O5/c1-10(2)9-23-12-11(13(19)20)8-16-18(12)7-6-15(3,4)17-14(21)22-5/h6-8,10H,9H2,1-5H3,(H,17,21)(H,19,20). The number of amides is 1. The quantitative estimate of drug-likeness (QED) is 0.797. The lowest BCUT2D eigenvalue weighted by Gasteiger charge is -2.21. The van der Waals surface area contributed by atoms with E-state index in [0.29, 0.717) is 6.61 Å². The molecule has 0 aliphatic carbocycles. The van der Waals surface area contributed by atoms with E-state index in [0.717, 1.165) is 0 Å². The lowest BCUT2D eigenvalue weighted by molar-refractivity contribution is 0.0691. The van der Waals surface area contributed by atoms with Gasteiger partial charge >= 0.3 is 12.1 Å².